The first-order valence-electron chi connectivity index (χ1n) is 18.9. The molecule has 0 unspecified atom stereocenters. The number of aromatic nitrogens is 2. The van der Waals surface area contributed by atoms with Crippen molar-refractivity contribution in [1.82, 2.24) is 5.32 Å². The highest BCUT2D eigenvalue weighted by Crippen LogP contribution is 2.36. The fraction of sp³-hybridized carbons (Fsp3) is 0.125. The van der Waals surface area contributed by atoms with E-state index in [0.717, 1.165) is 24.2 Å². The van der Waals surface area contributed by atoms with Crippen molar-refractivity contribution in [3.8, 4) is 29.1 Å². The number of piperidine rings is 1. The smallest absolute Gasteiger partial charge is 0.373 e. The number of nitriles is 1. The standard InChI is InChI=1S/C23H17N3O3.C13H10O2.C7H8N2O.C4H7N.CO2.ClH/c24-15-19-20(21(23(28)25-22(19)27)26-13-5-2-6-14-26)16-9-11-18(12-10-16)29-17-7-3-1-4-8-17;14-10-11-6-8-13(9-7-11)15-12-4-2-1-3-5-12;8-7(10)6-9-4-2-1-3-5-9;1-2-3-4-5;2-1-3;/h1-14,20-21H,(H,25,27,28);1-10H;1-5H,6H2,(H-,8,10);2-3H2,1H3;;1H/t20-,21+;;;;;/m0...../s1. The van der Waals surface area contributed by atoms with Crippen LogP contribution < -0.4 is 42.1 Å². The number of rotatable bonds is 10. The lowest BCUT2D eigenvalue weighted by atomic mass is 9.81. The molecule has 6 aromatic rings. The Balaban J connectivity index is 0.000000334. The molecule has 4 aromatic carbocycles. The zero-order valence-electron chi connectivity index (χ0n) is 34.0. The number of carbonyl (C=O) groups is 4. The molecule has 3 heterocycles. The first-order valence-corrected chi connectivity index (χ1v) is 18.9. The van der Waals surface area contributed by atoms with Gasteiger partial charge >= 0.3 is 6.15 Å². The molecule has 1 aliphatic heterocycles. The number of nitrogens with zero attached hydrogens (tertiary/aromatic N) is 4. The molecule has 0 saturated carbocycles. The van der Waals surface area contributed by atoms with Gasteiger partial charge in [0, 0.05) is 36.2 Å². The second kappa shape index (κ2) is 29.0. The number of amides is 3. The van der Waals surface area contributed by atoms with E-state index in [-0.39, 0.29) is 36.6 Å². The highest BCUT2D eigenvalue weighted by Gasteiger charge is 2.46. The maximum absolute atomic E-state index is 12.7. The van der Waals surface area contributed by atoms with Crippen molar-refractivity contribution < 1.29 is 59.8 Å². The van der Waals surface area contributed by atoms with E-state index in [1.54, 1.807) is 94.6 Å². The van der Waals surface area contributed by atoms with Gasteiger partial charge in [0.05, 0.1) is 17.6 Å². The number of benzene rings is 4. The van der Waals surface area contributed by atoms with Gasteiger partial charge in [-0.1, -0.05) is 67.6 Å². The third-order valence-corrected chi connectivity index (χ3v) is 8.25. The Hall–Kier alpha value is -8.33. The van der Waals surface area contributed by atoms with Gasteiger partial charge in [-0.05, 0) is 72.6 Å². The SMILES string of the molecule is CCCC#N.NC(=O)C[n+]1ccccc1.O=C=O.O=Cc1ccc(Oc2ccccc2)cc1.[Cl-].[N-]=C=C1C(=O)NC(=O)[C@H]([n+]2ccccc2)[C@H]1c1ccc(Oc2ccccc2)cc1. The Labute approximate surface area is 370 Å². The predicted octanol–water partition coefficient (Wildman–Crippen LogP) is 3.39. The van der Waals surface area contributed by atoms with Crippen LogP contribution in [0.15, 0.2) is 176 Å². The molecule has 1 aliphatic rings. The Morgan fingerprint density at radius 2 is 1.19 bits per heavy atom. The molecule has 0 aliphatic carbocycles. The number of hydrogen-bond acceptors (Lipinski definition) is 9. The number of aldehydes is 1. The molecule has 14 nitrogen and oxygen atoms in total. The van der Waals surface area contributed by atoms with Gasteiger partial charge in [-0.2, -0.15) is 24.0 Å². The van der Waals surface area contributed by atoms with Crippen molar-refractivity contribution in [2.24, 2.45) is 5.73 Å². The summed E-state index contributed by atoms with van der Waals surface area (Å²) < 4.78 is 14.8. The van der Waals surface area contributed by atoms with Gasteiger partial charge in [0.25, 0.3) is 17.7 Å². The number of nitrogens with one attached hydrogen (secondary N) is 1. The van der Waals surface area contributed by atoms with Crippen LogP contribution in [-0.2, 0) is 30.5 Å². The third kappa shape index (κ3) is 17.8. The average Bonchev–Trinajstić information content (AvgIpc) is 3.29. The van der Waals surface area contributed by atoms with Gasteiger partial charge in [-0.3, -0.25) is 30.4 Å². The van der Waals surface area contributed by atoms with Gasteiger partial charge in [-0.15, -0.1) is 0 Å². The summed E-state index contributed by atoms with van der Waals surface area (Å²) in [6.07, 6.45) is 9.82. The predicted molar refractivity (Wildman–Crippen MR) is 226 cm³/mol. The Morgan fingerprint density at radius 3 is 1.60 bits per heavy atom. The van der Waals surface area contributed by atoms with Crippen LogP contribution in [0.3, 0.4) is 0 Å². The number of carbonyl (C=O) groups excluding carboxylic acids is 6. The number of imide groups is 1. The van der Waals surface area contributed by atoms with Gasteiger partial charge in [0.15, 0.2) is 24.8 Å². The monoisotopic (exact) mass is 866 g/mol. The number of nitrogens with two attached hydrogens (primary N) is 1. The van der Waals surface area contributed by atoms with Crippen molar-refractivity contribution in [3.63, 3.8) is 0 Å². The maximum atomic E-state index is 12.7. The summed E-state index contributed by atoms with van der Waals surface area (Å²) in [7, 11) is 0. The molecular weight excluding hydrogens is 824 g/mol. The normalized spacial score (nSPS) is 13.0. The number of primary amides is 1. The summed E-state index contributed by atoms with van der Waals surface area (Å²) in [5.41, 5.74) is 6.30. The lowest BCUT2D eigenvalue weighted by Gasteiger charge is -2.28. The van der Waals surface area contributed by atoms with E-state index in [1.807, 2.05) is 104 Å². The average molecular weight is 867 g/mol. The molecule has 320 valence electrons. The van der Waals surface area contributed by atoms with E-state index in [9.17, 15) is 24.6 Å². The quantitative estimate of drug-likeness (QED) is 0.0678. The minimum absolute atomic E-state index is 0. The van der Waals surface area contributed by atoms with Crippen LogP contribution in [0, 0.1) is 11.3 Å². The molecule has 63 heavy (non-hydrogen) atoms. The van der Waals surface area contributed by atoms with E-state index in [4.69, 9.17) is 30.1 Å². The van der Waals surface area contributed by atoms with Crippen LogP contribution in [0.4, 0.5) is 0 Å². The Kier molecular flexibility index (Phi) is 23.4. The van der Waals surface area contributed by atoms with Crippen LogP contribution >= 0.6 is 0 Å². The fourth-order valence-electron chi connectivity index (χ4n) is 5.52. The lowest BCUT2D eigenvalue weighted by molar-refractivity contribution is -0.711. The van der Waals surface area contributed by atoms with Crippen molar-refractivity contribution in [1.29, 1.82) is 5.26 Å². The zero-order chi connectivity index (χ0) is 45.0. The highest BCUT2D eigenvalue weighted by molar-refractivity contribution is 6.14. The van der Waals surface area contributed by atoms with Crippen LogP contribution in [0.2, 0.25) is 0 Å². The summed E-state index contributed by atoms with van der Waals surface area (Å²) >= 11 is 0. The first kappa shape index (κ1) is 50.8. The molecular formula is C48H43ClN6O8. The Morgan fingerprint density at radius 1 is 0.746 bits per heavy atom. The van der Waals surface area contributed by atoms with Crippen molar-refractivity contribution in [3.05, 3.63) is 192 Å². The molecule has 15 heteroatoms. The molecule has 3 amide bonds. The second-order valence-electron chi connectivity index (χ2n) is 12.7. The molecule has 1 fully saturated rings. The van der Waals surface area contributed by atoms with Crippen LogP contribution in [0.5, 0.6) is 23.0 Å². The minimum Gasteiger partial charge on any atom is -1.00 e. The molecule has 2 atom stereocenters. The fourth-order valence-corrected chi connectivity index (χ4v) is 5.52. The number of ether oxygens (including phenoxy) is 2. The zero-order valence-corrected chi connectivity index (χ0v) is 34.8. The van der Waals surface area contributed by atoms with Crippen LogP contribution in [0.25, 0.3) is 5.41 Å². The van der Waals surface area contributed by atoms with Crippen LogP contribution in [0.1, 0.15) is 47.6 Å². The van der Waals surface area contributed by atoms with E-state index >= 15 is 0 Å². The van der Waals surface area contributed by atoms with E-state index in [2.05, 4.69) is 5.32 Å². The first-order chi connectivity index (χ1) is 30.2. The lowest BCUT2D eigenvalue weighted by Crippen LogP contribution is -3.00. The summed E-state index contributed by atoms with van der Waals surface area (Å²) in [6.45, 7) is 2.24. The van der Waals surface area contributed by atoms with Gasteiger partial charge < -0.3 is 33.0 Å². The van der Waals surface area contributed by atoms with Crippen LogP contribution in [-0.4, -0.2) is 36.0 Å². The van der Waals surface area contributed by atoms with Crippen molar-refractivity contribution >= 4 is 36.0 Å². The largest absolute Gasteiger partial charge is 1.00 e. The summed E-state index contributed by atoms with van der Waals surface area (Å²) in [5.74, 6) is 2.71. The molecule has 1 saturated heterocycles. The van der Waals surface area contributed by atoms with Crippen molar-refractivity contribution in [2.75, 3.05) is 0 Å². The third-order valence-electron chi connectivity index (χ3n) is 8.25. The molecule has 0 bridgehead atoms. The number of unbranched alkanes of at least 4 members (excludes halogenated alkanes) is 1. The number of hydrogen-bond donors (Lipinski definition) is 2. The number of pyridine rings is 2. The number of halogens is 1. The number of para-hydroxylation sites is 2. The van der Waals surface area contributed by atoms with E-state index in [0.29, 0.717) is 29.0 Å². The molecule has 0 spiro atoms. The van der Waals surface area contributed by atoms with Gasteiger partial charge in [-0.25, -0.2) is 0 Å². The molecule has 7 rings (SSSR count). The Bertz CT molecular complexity index is 2440. The molecule has 2 aromatic heterocycles. The molecule has 3 N–H and O–H groups in total. The minimum atomic E-state index is -0.746. The summed E-state index contributed by atoms with van der Waals surface area (Å²) in [6, 6.07) is 45.3. The maximum Gasteiger partial charge on any atom is 0.373 e. The van der Waals surface area contributed by atoms with Crippen molar-refractivity contribution in [2.45, 2.75) is 38.3 Å². The van der Waals surface area contributed by atoms with Gasteiger partial charge in [0.2, 0.25) is 12.6 Å². The highest BCUT2D eigenvalue weighted by atomic mass is 35.5. The van der Waals surface area contributed by atoms with E-state index in [1.165, 1.54) is 0 Å². The van der Waals surface area contributed by atoms with Gasteiger partial charge in [0.1, 0.15) is 29.3 Å². The summed E-state index contributed by atoms with van der Waals surface area (Å²) in [5, 5.41) is 19.7. The second-order valence-corrected chi connectivity index (χ2v) is 12.7. The summed E-state index contributed by atoms with van der Waals surface area (Å²) in [4.78, 5) is 62.0. The molecule has 0 radical (unpaired) electrons. The topological polar surface area (TPSA) is 213 Å². The van der Waals surface area contributed by atoms with E-state index < -0.39 is 23.8 Å².